The Kier molecular flexibility index (Phi) is 3.40. The zero-order valence-corrected chi connectivity index (χ0v) is 16.2. The highest BCUT2D eigenvalue weighted by atomic mass is 16.2. The van der Waals surface area contributed by atoms with Crippen LogP contribution in [0.4, 0.5) is 0 Å². The number of carbonyl (C=O) groups excluding carboxylic acids is 2. The van der Waals surface area contributed by atoms with E-state index in [2.05, 4.69) is 37.3 Å². The van der Waals surface area contributed by atoms with E-state index < -0.39 is 0 Å². The van der Waals surface area contributed by atoms with Crippen LogP contribution in [-0.2, 0) is 16.1 Å². The standard InChI is InChI=1S/C26H21NO2/c1-15-11-12-19-20(13-15)22-18-10-6-5-9-17(18)21(19)23-24(22)26(29)27(25(23)28)14-16-7-3-2-4-8-16/h2-13,21-24H,14H2,1H3/t21-,22-,23-,24+/m0/s1. The average Bonchev–Trinajstić information content (AvgIpc) is 3.00. The van der Waals surface area contributed by atoms with Gasteiger partial charge in [0.1, 0.15) is 0 Å². The molecule has 142 valence electrons. The van der Waals surface area contributed by atoms with Crippen molar-refractivity contribution in [1.29, 1.82) is 0 Å². The molecule has 3 aromatic rings. The normalized spacial score (nSPS) is 26.3. The topological polar surface area (TPSA) is 37.4 Å². The lowest BCUT2D eigenvalue weighted by molar-refractivity contribution is -0.140. The Bertz CT molecular complexity index is 1170. The fourth-order valence-corrected chi connectivity index (χ4v) is 5.83. The highest BCUT2D eigenvalue weighted by Gasteiger charge is 2.61. The molecule has 0 N–H and O–H groups in total. The predicted octanol–water partition coefficient (Wildman–Crippen LogP) is 4.39. The molecule has 0 aromatic heterocycles. The molecule has 4 aliphatic rings. The average molecular weight is 379 g/mol. The molecule has 1 fully saturated rings. The van der Waals surface area contributed by atoms with E-state index in [4.69, 9.17) is 0 Å². The summed E-state index contributed by atoms with van der Waals surface area (Å²) >= 11 is 0. The Labute approximate surface area is 170 Å². The SMILES string of the molecule is Cc1ccc2c(c1)[C@@H]1c3ccccc3[C@@H]2[C@@H]2C(=O)N(Cc3ccccc3)C(=O)[C@H]12. The molecule has 29 heavy (non-hydrogen) atoms. The lowest BCUT2D eigenvalue weighted by Crippen LogP contribution is -2.41. The molecule has 0 spiro atoms. The van der Waals surface area contributed by atoms with Crippen molar-refractivity contribution >= 4 is 11.8 Å². The number of benzene rings is 3. The number of rotatable bonds is 2. The van der Waals surface area contributed by atoms with Gasteiger partial charge in [0.2, 0.25) is 11.8 Å². The second-order valence-electron chi connectivity index (χ2n) is 8.52. The summed E-state index contributed by atoms with van der Waals surface area (Å²) in [6.45, 7) is 2.45. The van der Waals surface area contributed by atoms with Crippen molar-refractivity contribution in [3.63, 3.8) is 0 Å². The van der Waals surface area contributed by atoms with Crippen molar-refractivity contribution in [1.82, 2.24) is 4.90 Å². The second-order valence-corrected chi connectivity index (χ2v) is 8.52. The van der Waals surface area contributed by atoms with Crippen molar-refractivity contribution in [2.45, 2.75) is 25.3 Å². The van der Waals surface area contributed by atoms with Gasteiger partial charge in [0.05, 0.1) is 18.4 Å². The summed E-state index contributed by atoms with van der Waals surface area (Å²) in [4.78, 5) is 28.6. The monoisotopic (exact) mass is 379 g/mol. The summed E-state index contributed by atoms with van der Waals surface area (Å²) < 4.78 is 0. The molecule has 2 bridgehead atoms. The van der Waals surface area contributed by atoms with Gasteiger partial charge in [0.25, 0.3) is 0 Å². The van der Waals surface area contributed by atoms with Crippen molar-refractivity contribution in [2.75, 3.05) is 0 Å². The maximum atomic E-state index is 13.6. The largest absolute Gasteiger partial charge is 0.278 e. The van der Waals surface area contributed by atoms with Crippen LogP contribution in [0.5, 0.6) is 0 Å². The highest BCUT2D eigenvalue weighted by Crippen LogP contribution is 2.61. The molecular formula is C26H21NO2. The van der Waals surface area contributed by atoms with Crippen LogP contribution in [0.1, 0.15) is 45.2 Å². The van der Waals surface area contributed by atoms with Gasteiger partial charge in [-0.05, 0) is 34.7 Å². The summed E-state index contributed by atoms with van der Waals surface area (Å²) in [6.07, 6.45) is 0. The maximum absolute atomic E-state index is 13.6. The predicted molar refractivity (Wildman–Crippen MR) is 110 cm³/mol. The van der Waals surface area contributed by atoms with E-state index in [1.54, 1.807) is 0 Å². The molecule has 4 atom stereocenters. The zero-order valence-electron chi connectivity index (χ0n) is 16.2. The van der Waals surface area contributed by atoms with E-state index in [0.29, 0.717) is 6.54 Å². The Hall–Kier alpha value is -3.20. The van der Waals surface area contributed by atoms with Gasteiger partial charge in [-0.15, -0.1) is 0 Å². The van der Waals surface area contributed by atoms with E-state index in [9.17, 15) is 9.59 Å². The first kappa shape index (κ1) is 16.7. The van der Waals surface area contributed by atoms with Gasteiger partial charge in [-0.1, -0.05) is 78.4 Å². The van der Waals surface area contributed by atoms with Crippen LogP contribution < -0.4 is 0 Å². The Morgan fingerprint density at radius 3 is 1.90 bits per heavy atom. The highest BCUT2D eigenvalue weighted by molar-refractivity contribution is 6.07. The molecule has 3 nitrogen and oxygen atoms in total. The minimum atomic E-state index is -0.291. The third-order valence-corrected chi connectivity index (χ3v) is 6.97. The molecule has 3 heteroatoms. The zero-order chi connectivity index (χ0) is 19.7. The number of hydrogen-bond acceptors (Lipinski definition) is 2. The van der Waals surface area contributed by atoms with Gasteiger partial charge in [-0.3, -0.25) is 14.5 Å². The first-order chi connectivity index (χ1) is 14.1. The molecule has 0 radical (unpaired) electrons. The van der Waals surface area contributed by atoms with Gasteiger partial charge in [-0.2, -0.15) is 0 Å². The smallest absolute Gasteiger partial charge is 0.234 e. The minimum absolute atomic E-state index is 0.0134. The fraction of sp³-hybridized carbons (Fsp3) is 0.231. The molecule has 1 saturated heterocycles. The fourth-order valence-electron chi connectivity index (χ4n) is 5.83. The number of aryl methyl sites for hydroxylation is 1. The number of nitrogens with zero attached hydrogens (tertiary/aromatic N) is 1. The van der Waals surface area contributed by atoms with Crippen LogP contribution in [0.15, 0.2) is 72.8 Å². The summed E-state index contributed by atoms with van der Waals surface area (Å²) in [7, 11) is 0. The summed E-state index contributed by atoms with van der Waals surface area (Å²) in [6, 6.07) is 24.7. The molecule has 0 saturated carbocycles. The number of carbonyl (C=O) groups is 2. The quantitative estimate of drug-likeness (QED) is 0.620. The summed E-state index contributed by atoms with van der Waals surface area (Å²) in [5.74, 6) is -0.677. The van der Waals surface area contributed by atoms with Crippen molar-refractivity contribution in [3.05, 3.63) is 106 Å². The van der Waals surface area contributed by atoms with Crippen LogP contribution in [0.2, 0.25) is 0 Å². The molecule has 3 aromatic carbocycles. The van der Waals surface area contributed by atoms with E-state index >= 15 is 0 Å². The molecule has 3 aliphatic carbocycles. The lowest BCUT2D eigenvalue weighted by atomic mass is 9.55. The van der Waals surface area contributed by atoms with Gasteiger partial charge >= 0.3 is 0 Å². The van der Waals surface area contributed by atoms with Gasteiger partial charge < -0.3 is 0 Å². The maximum Gasteiger partial charge on any atom is 0.234 e. The number of hydrogen-bond donors (Lipinski definition) is 0. The second kappa shape index (κ2) is 5.90. The summed E-state index contributed by atoms with van der Waals surface area (Å²) in [5.41, 5.74) is 7.09. The molecule has 0 unspecified atom stereocenters. The molecular weight excluding hydrogens is 358 g/mol. The lowest BCUT2D eigenvalue weighted by Gasteiger charge is -2.46. The van der Waals surface area contributed by atoms with Crippen LogP contribution in [0.25, 0.3) is 0 Å². The van der Waals surface area contributed by atoms with Crippen LogP contribution >= 0.6 is 0 Å². The third-order valence-electron chi connectivity index (χ3n) is 6.97. The van der Waals surface area contributed by atoms with Crippen molar-refractivity contribution in [3.8, 4) is 0 Å². The molecule has 2 amide bonds. The number of amides is 2. The van der Waals surface area contributed by atoms with E-state index in [0.717, 1.165) is 5.56 Å². The van der Waals surface area contributed by atoms with E-state index in [1.807, 2.05) is 42.5 Å². The minimum Gasteiger partial charge on any atom is -0.278 e. The molecule has 1 aliphatic heterocycles. The van der Waals surface area contributed by atoms with Crippen molar-refractivity contribution in [2.24, 2.45) is 11.8 Å². The first-order valence-corrected chi connectivity index (χ1v) is 10.2. The molecule has 7 rings (SSSR count). The Morgan fingerprint density at radius 2 is 1.24 bits per heavy atom. The van der Waals surface area contributed by atoms with E-state index in [-0.39, 0.29) is 35.5 Å². The number of imide groups is 1. The van der Waals surface area contributed by atoms with Crippen LogP contribution in [0.3, 0.4) is 0 Å². The van der Waals surface area contributed by atoms with Gasteiger partial charge in [0, 0.05) is 11.8 Å². The van der Waals surface area contributed by atoms with Gasteiger partial charge in [0.15, 0.2) is 0 Å². The third kappa shape index (κ3) is 2.19. The van der Waals surface area contributed by atoms with Crippen LogP contribution in [0, 0.1) is 18.8 Å². The van der Waals surface area contributed by atoms with Crippen LogP contribution in [-0.4, -0.2) is 16.7 Å². The van der Waals surface area contributed by atoms with Gasteiger partial charge in [-0.25, -0.2) is 0 Å². The van der Waals surface area contributed by atoms with E-state index in [1.165, 1.54) is 32.7 Å². The molecule has 1 heterocycles. The number of likely N-dealkylation sites (tertiary alicyclic amines) is 1. The summed E-state index contributed by atoms with van der Waals surface area (Å²) in [5, 5.41) is 0. The first-order valence-electron chi connectivity index (χ1n) is 10.2. The Balaban J connectivity index is 1.51. The Morgan fingerprint density at radius 1 is 0.690 bits per heavy atom. The van der Waals surface area contributed by atoms with Crippen molar-refractivity contribution < 1.29 is 9.59 Å².